The Morgan fingerprint density at radius 2 is 1.26 bits per heavy atom. The molecule has 4 radical (unpaired) electrons. The van der Waals surface area contributed by atoms with Crippen molar-refractivity contribution in [3.8, 4) is 0 Å². The van der Waals surface area contributed by atoms with Gasteiger partial charge in [-0.05, 0) is 6.42 Å². The fourth-order valence-corrected chi connectivity index (χ4v) is 1.47. The third-order valence-electron chi connectivity index (χ3n) is 2.59. The Labute approximate surface area is 214 Å². The van der Waals surface area contributed by atoms with E-state index in [4.69, 9.17) is 0 Å². The molecule has 0 saturated heterocycles. The number of carbonyl (C=O) groups is 2. The van der Waals surface area contributed by atoms with Crippen molar-refractivity contribution in [3.05, 3.63) is 38.2 Å². The van der Waals surface area contributed by atoms with E-state index in [0.717, 1.165) is 32.1 Å². The minimum absolute atomic E-state index is 0. The molecule has 1 rings (SSSR count). The van der Waals surface area contributed by atoms with Gasteiger partial charge in [-0.1, -0.05) is 12.8 Å². The van der Waals surface area contributed by atoms with Gasteiger partial charge in [0.2, 0.25) is 0 Å². The Morgan fingerprint density at radius 1 is 0.913 bits per heavy atom. The van der Waals surface area contributed by atoms with Gasteiger partial charge >= 0.3 is 0 Å². The molecule has 1 aliphatic rings. The van der Waals surface area contributed by atoms with E-state index in [0.29, 0.717) is 0 Å². The Morgan fingerprint density at radius 3 is 1.57 bits per heavy atom. The average Bonchev–Trinajstić information content (AvgIpc) is 3.07. The van der Waals surface area contributed by atoms with Gasteiger partial charge in [0.15, 0.2) is 0 Å². The summed E-state index contributed by atoms with van der Waals surface area (Å²) in [7, 11) is 0. The summed E-state index contributed by atoms with van der Waals surface area (Å²) in [4.78, 5) is 22.8. The number of allylic oxidation sites excluding steroid dienone is 2. The average molecular weight is 540 g/mol. The van der Waals surface area contributed by atoms with Gasteiger partial charge in [0.1, 0.15) is 0 Å². The summed E-state index contributed by atoms with van der Waals surface area (Å²) in [5.74, 6) is -0.487. The second kappa shape index (κ2) is 20.1. The summed E-state index contributed by atoms with van der Waals surface area (Å²) in [5.41, 5.74) is 0. The maximum atomic E-state index is 11.4. The minimum atomic E-state index is -0.244. The van der Waals surface area contributed by atoms with Gasteiger partial charge in [0.25, 0.3) is 0 Å². The van der Waals surface area contributed by atoms with Gasteiger partial charge in [0, 0.05) is 115 Å². The summed E-state index contributed by atoms with van der Waals surface area (Å²) in [6.07, 6.45) is 12.3. The monoisotopic (exact) mass is 540 g/mol. The minimum Gasteiger partial charge on any atom is -0.409 e. The molecule has 2 atom stereocenters. The number of nitrogens with one attached hydrogen (secondary N) is 2. The largest absolute Gasteiger partial charge is 0.409 e. The molecular weight excluding hydrogens is 520 g/mol. The van der Waals surface area contributed by atoms with Crippen LogP contribution in [0.4, 0.5) is 0 Å². The molecule has 8 heteroatoms. The fraction of sp³-hybridized carbons (Fsp3) is 0.467. The molecule has 0 aromatic carbocycles. The Kier molecular flexibility index (Phi) is 28.4. The zero-order valence-corrected chi connectivity index (χ0v) is 21.6. The molecule has 122 valence electrons. The number of hydrogen-bond acceptors (Lipinski definition) is 2. The predicted molar refractivity (Wildman–Crippen MR) is 73.3 cm³/mol. The summed E-state index contributed by atoms with van der Waals surface area (Å²) in [5, 5.41) is 5.54. The van der Waals surface area contributed by atoms with Crippen LogP contribution in [0.2, 0.25) is 0 Å². The van der Waals surface area contributed by atoms with Crippen LogP contribution in [0.25, 0.3) is 0 Å². The molecule has 2 N–H and O–H groups in total. The summed E-state index contributed by atoms with van der Waals surface area (Å²) in [6.45, 7) is 7.33. The van der Waals surface area contributed by atoms with Crippen LogP contribution in [-0.2, 0) is 112 Å². The molecule has 0 spiro atoms. The number of hydrogen-bond donors (Lipinski definition) is 2. The third-order valence-corrected chi connectivity index (χ3v) is 2.59. The van der Waals surface area contributed by atoms with Gasteiger partial charge in [-0.2, -0.15) is 12.8 Å². The van der Waals surface area contributed by atoms with Gasteiger partial charge in [0.05, 0.1) is 11.8 Å². The zero-order valence-electron chi connectivity index (χ0n) is 13.1. The number of unbranched alkanes of at least 4 members (excludes halogenated alkanes) is 2. The van der Waals surface area contributed by atoms with Crippen LogP contribution in [0.1, 0.15) is 32.1 Å². The molecule has 0 unspecified atom stereocenters. The van der Waals surface area contributed by atoms with E-state index in [1.807, 2.05) is 0 Å². The molecule has 0 aliphatic heterocycles. The standard InChI is InChI=1S/C15H20N2O2.2V.2Y/c1-3-5-7-9-14(18)16-12-11-13(12)17-15(19)10-8-6-4-2;;;;/h7-8,12-13H,1-6,11H2,(H,16,18)(H,17,19);;;;/q-4;;;;/t12-,13+;;;;. The van der Waals surface area contributed by atoms with E-state index >= 15 is 0 Å². The molecular formula is C15H20N2O2V2Y2-4. The van der Waals surface area contributed by atoms with Gasteiger partial charge < -0.3 is 46.2 Å². The van der Waals surface area contributed by atoms with Crippen molar-refractivity contribution in [1.29, 1.82) is 0 Å². The summed E-state index contributed by atoms with van der Waals surface area (Å²) < 4.78 is 0. The van der Waals surface area contributed by atoms with E-state index in [1.165, 1.54) is 0 Å². The fourth-order valence-electron chi connectivity index (χ4n) is 1.47. The molecule has 0 aromatic rings. The molecule has 1 fully saturated rings. The van der Waals surface area contributed by atoms with Crippen LogP contribution in [0.15, 0.2) is 12.2 Å². The van der Waals surface area contributed by atoms with E-state index < -0.39 is 0 Å². The topological polar surface area (TPSA) is 58.2 Å². The second-order valence-electron chi connectivity index (χ2n) is 4.38. The van der Waals surface area contributed by atoms with Gasteiger partial charge in [-0.3, -0.25) is 12.2 Å². The Hall–Kier alpha value is 1.80. The first-order valence-corrected chi connectivity index (χ1v) is 6.53. The number of amides is 2. The maximum Gasteiger partial charge on any atom is 0.0624 e. The smallest absolute Gasteiger partial charge is 0.0624 e. The predicted octanol–water partition coefficient (Wildman–Crippen LogP) is 1.30. The molecule has 1 saturated carbocycles. The number of rotatable bonds is 8. The molecule has 1 aliphatic carbocycles. The number of carbonyl (C=O) groups excluding carboxylic acids is 2. The first kappa shape index (κ1) is 32.5. The Bertz CT molecular complexity index is 346. The Balaban J connectivity index is -0.000000451. The third kappa shape index (κ3) is 17.0. The quantitative estimate of drug-likeness (QED) is 0.361. The first-order valence-electron chi connectivity index (χ1n) is 6.53. The van der Waals surface area contributed by atoms with Crippen LogP contribution in [0.3, 0.4) is 0 Å². The summed E-state index contributed by atoms with van der Waals surface area (Å²) >= 11 is 0. The van der Waals surface area contributed by atoms with Crippen molar-refractivity contribution < 1.29 is 112 Å². The second-order valence-corrected chi connectivity index (χ2v) is 4.38. The van der Waals surface area contributed by atoms with Crippen LogP contribution < -0.4 is 10.6 Å². The van der Waals surface area contributed by atoms with Crippen molar-refractivity contribution in [2.45, 2.75) is 44.2 Å². The van der Waals surface area contributed by atoms with Crippen molar-refractivity contribution in [1.82, 2.24) is 10.6 Å². The van der Waals surface area contributed by atoms with E-state index in [1.54, 1.807) is 12.2 Å². The first-order chi connectivity index (χ1) is 9.17. The van der Waals surface area contributed by atoms with Crippen LogP contribution in [0, 0.1) is 26.0 Å². The molecule has 23 heavy (non-hydrogen) atoms. The van der Waals surface area contributed by atoms with Crippen LogP contribution in [0.5, 0.6) is 0 Å². The normalized spacial score (nSPS) is 18.0. The molecule has 4 nitrogen and oxygen atoms in total. The van der Waals surface area contributed by atoms with E-state index in [-0.39, 0.29) is 126 Å². The van der Waals surface area contributed by atoms with Crippen molar-refractivity contribution >= 4 is 11.8 Å². The van der Waals surface area contributed by atoms with Crippen LogP contribution in [-0.4, -0.2) is 23.9 Å². The van der Waals surface area contributed by atoms with Crippen LogP contribution >= 0.6 is 0 Å². The van der Waals surface area contributed by atoms with E-state index in [2.05, 4.69) is 36.6 Å². The van der Waals surface area contributed by atoms with Crippen molar-refractivity contribution in [2.24, 2.45) is 0 Å². The maximum absolute atomic E-state index is 11.4. The molecule has 0 aromatic heterocycles. The van der Waals surface area contributed by atoms with Crippen molar-refractivity contribution in [2.75, 3.05) is 0 Å². The molecule has 0 heterocycles. The van der Waals surface area contributed by atoms with Gasteiger partial charge in [-0.25, -0.2) is 0 Å². The van der Waals surface area contributed by atoms with E-state index in [9.17, 15) is 9.59 Å². The SMILES string of the molecule is [CH2-]CCC=[C-]C(=O)N[C@H]1C[C@H]1NC(=O)[C-]=CCC[CH2-].[V].[V].[Y].[Y]. The van der Waals surface area contributed by atoms with Crippen molar-refractivity contribution in [3.63, 3.8) is 0 Å². The molecule has 0 bridgehead atoms. The molecule has 2 amide bonds. The zero-order chi connectivity index (χ0) is 14.1. The van der Waals surface area contributed by atoms with Gasteiger partial charge in [-0.15, -0.1) is 0 Å². The summed E-state index contributed by atoms with van der Waals surface area (Å²) in [6, 6.07) is 0.0125.